The summed E-state index contributed by atoms with van der Waals surface area (Å²) < 4.78 is 0. The molecule has 66 valence electrons. The highest BCUT2D eigenvalue weighted by atomic mass is 16.4. The predicted octanol–water partition coefficient (Wildman–Crippen LogP) is -1.04. The maximum Gasteiger partial charge on any atom is 0.408 e. The summed E-state index contributed by atoms with van der Waals surface area (Å²) in [4.78, 5) is 33.9. The van der Waals surface area contributed by atoms with Crippen LogP contribution in [0.1, 0.15) is 0 Å². The zero-order valence-corrected chi connectivity index (χ0v) is 6.48. The molecule has 0 aliphatic carbocycles. The lowest BCUT2D eigenvalue weighted by atomic mass is 10.3. The molecule has 1 N–H and O–H groups in total. The zero-order chi connectivity index (χ0) is 9.30. The van der Waals surface area contributed by atoms with Crippen molar-refractivity contribution in [1.82, 2.24) is 9.80 Å². The zero-order valence-electron chi connectivity index (χ0n) is 6.48. The highest BCUT2D eigenvalue weighted by Crippen LogP contribution is 2.01. The van der Waals surface area contributed by atoms with E-state index in [2.05, 4.69) is 0 Å². The summed E-state index contributed by atoms with van der Waals surface area (Å²) in [5, 5.41) is 8.46. The Morgan fingerprint density at radius 1 is 1.33 bits per heavy atom. The minimum atomic E-state index is -1.25. The molecule has 0 saturated carbocycles. The number of likely N-dealkylation sites (N-methyl/N-ethyl adjacent to an activating group) is 1. The first kappa shape index (κ1) is 8.51. The summed E-state index contributed by atoms with van der Waals surface area (Å²) in [6.07, 6.45) is -1.25. The van der Waals surface area contributed by atoms with Crippen molar-refractivity contribution in [3.8, 4) is 0 Å². The Morgan fingerprint density at radius 2 is 1.75 bits per heavy atom. The number of nitrogens with zero attached hydrogens (tertiary/aromatic N) is 2. The molecule has 1 rings (SSSR count). The van der Waals surface area contributed by atoms with Gasteiger partial charge in [0.25, 0.3) is 0 Å². The van der Waals surface area contributed by atoms with Crippen molar-refractivity contribution in [3.05, 3.63) is 0 Å². The van der Waals surface area contributed by atoms with E-state index in [-0.39, 0.29) is 13.1 Å². The van der Waals surface area contributed by atoms with Gasteiger partial charge < -0.3 is 5.11 Å². The second kappa shape index (κ2) is 2.80. The minimum Gasteiger partial charge on any atom is -0.465 e. The largest absolute Gasteiger partial charge is 0.465 e. The molecule has 0 unspecified atom stereocenters. The molecule has 3 amide bonds. The Kier molecular flexibility index (Phi) is 1.99. The lowest BCUT2D eigenvalue weighted by Crippen LogP contribution is -2.53. The molecule has 0 atom stereocenters. The fourth-order valence-corrected chi connectivity index (χ4v) is 0.869. The number of amides is 3. The van der Waals surface area contributed by atoms with E-state index in [1.54, 1.807) is 0 Å². The van der Waals surface area contributed by atoms with Crippen molar-refractivity contribution in [2.45, 2.75) is 0 Å². The summed E-state index contributed by atoms with van der Waals surface area (Å²) in [6, 6.07) is 0. The highest BCUT2D eigenvalue weighted by Gasteiger charge is 2.30. The van der Waals surface area contributed by atoms with Crippen molar-refractivity contribution < 1.29 is 19.5 Å². The van der Waals surface area contributed by atoms with Gasteiger partial charge >= 0.3 is 6.09 Å². The quantitative estimate of drug-likeness (QED) is 0.473. The number of carboxylic acid groups (broad SMARTS) is 1. The number of imide groups is 1. The van der Waals surface area contributed by atoms with Crippen molar-refractivity contribution in [2.75, 3.05) is 20.1 Å². The van der Waals surface area contributed by atoms with Crippen molar-refractivity contribution in [3.63, 3.8) is 0 Å². The van der Waals surface area contributed by atoms with Gasteiger partial charge in [-0.05, 0) is 0 Å². The van der Waals surface area contributed by atoms with Crippen LogP contribution in [0, 0.1) is 0 Å². The number of carbonyl (C=O) groups is 3. The first-order chi connectivity index (χ1) is 5.52. The van der Waals surface area contributed by atoms with Crippen molar-refractivity contribution in [2.24, 2.45) is 0 Å². The molecule has 6 nitrogen and oxygen atoms in total. The van der Waals surface area contributed by atoms with E-state index in [0.29, 0.717) is 0 Å². The predicted molar refractivity (Wildman–Crippen MR) is 37.4 cm³/mol. The smallest absolute Gasteiger partial charge is 0.408 e. The van der Waals surface area contributed by atoms with E-state index < -0.39 is 17.9 Å². The summed E-state index contributed by atoms with van der Waals surface area (Å²) in [6.45, 7) is -0.477. The van der Waals surface area contributed by atoms with Gasteiger partial charge in [-0.3, -0.25) is 19.4 Å². The molecule has 0 bridgehead atoms. The van der Waals surface area contributed by atoms with Gasteiger partial charge in [-0.15, -0.1) is 0 Å². The van der Waals surface area contributed by atoms with Crippen LogP contribution in [0.25, 0.3) is 0 Å². The second-order valence-electron chi connectivity index (χ2n) is 2.49. The summed E-state index contributed by atoms with van der Waals surface area (Å²) in [5.41, 5.74) is 0. The van der Waals surface area contributed by atoms with E-state index in [9.17, 15) is 14.4 Å². The highest BCUT2D eigenvalue weighted by molar-refractivity contribution is 6.01. The van der Waals surface area contributed by atoms with Crippen molar-refractivity contribution >= 4 is 17.9 Å². The molecule has 1 fully saturated rings. The van der Waals surface area contributed by atoms with Crippen LogP contribution in [0.5, 0.6) is 0 Å². The molecule has 1 saturated heterocycles. The van der Waals surface area contributed by atoms with E-state index in [4.69, 9.17) is 5.11 Å². The number of rotatable bonds is 0. The van der Waals surface area contributed by atoms with Gasteiger partial charge in [0, 0.05) is 7.05 Å². The van der Waals surface area contributed by atoms with Crippen LogP contribution in [-0.2, 0) is 9.59 Å². The lowest BCUT2D eigenvalue weighted by molar-refractivity contribution is -0.148. The first-order valence-corrected chi connectivity index (χ1v) is 3.29. The first-order valence-electron chi connectivity index (χ1n) is 3.29. The van der Waals surface area contributed by atoms with Gasteiger partial charge in [0.1, 0.15) is 13.1 Å². The fourth-order valence-electron chi connectivity index (χ4n) is 0.869. The van der Waals surface area contributed by atoms with Crippen LogP contribution >= 0.6 is 0 Å². The molecule has 1 aliphatic rings. The fraction of sp³-hybridized carbons (Fsp3) is 0.500. The Labute approximate surface area is 68.4 Å². The minimum absolute atomic E-state index is 0.239. The van der Waals surface area contributed by atoms with Gasteiger partial charge in [0.05, 0.1) is 0 Å². The van der Waals surface area contributed by atoms with Gasteiger partial charge in [0.15, 0.2) is 0 Å². The molecule has 12 heavy (non-hydrogen) atoms. The Balaban J connectivity index is 2.72. The van der Waals surface area contributed by atoms with Crippen LogP contribution in [0.15, 0.2) is 0 Å². The van der Waals surface area contributed by atoms with Gasteiger partial charge in [-0.25, -0.2) is 4.79 Å². The van der Waals surface area contributed by atoms with Gasteiger partial charge in [-0.2, -0.15) is 0 Å². The normalized spacial score (nSPS) is 18.4. The third-order valence-electron chi connectivity index (χ3n) is 1.67. The standard InChI is InChI=1S/C6H8N2O4/c1-7-4(9)2-8(6(11)12)3-5(7)10/h2-3H2,1H3,(H,11,12). The third kappa shape index (κ3) is 1.36. The van der Waals surface area contributed by atoms with Crippen LogP contribution in [0.4, 0.5) is 4.79 Å². The van der Waals surface area contributed by atoms with Crippen molar-refractivity contribution in [1.29, 1.82) is 0 Å². The SMILES string of the molecule is CN1C(=O)CN(C(=O)O)CC1=O. The number of carbonyl (C=O) groups excluding carboxylic acids is 2. The van der Waals surface area contributed by atoms with E-state index >= 15 is 0 Å². The molecule has 6 heteroatoms. The number of hydrogen-bond donors (Lipinski definition) is 1. The lowest BCUT2D eigenvalue weighted by Gasteiger charge is -2.28. The van der Waals surface area contributed by atoms with Crippen LogP contribution in [-0.4, -0.2) is 53.0 Å². The molecule has 0 radical (unpaired) electrons. The summed E-state index contributed by atoms with van der Waals surface area (Å²) >= 11 is 0. The molecular formula is C6H8N2O4. The number of hydrogen-bond acceptors (Lipinski definition) is 3. The molecule has 0 aromatic carbocycles. The van der Waals surface area contributed by atoms with E-state index in [1.807, 2.05) is 0 Å². The molecule has 0 spiro atoms. The van der Waals surface area contributed by atoms with Crippen LogP contribution in [0.3, 0.4) is 0 Å². The van der Waals surface area contributed by atoms with Gasteiger partial charge in [0.2, 0.25) is 11.8 Å². The average molecular weight is 172 g/mol. The van der Waals surface area contributed by atoms with E-state index in [0.717, 1.165) is 9.80 Å². The van der Waals surface area contributed by atoms with E-state index in [1.165, 1.54) is 7.05 Å². The monoisotopic (exact) mass is 172 g/mol. The second-order valence-corrected chi connectivity index (χ2v) is 2.49. The van der Waals surface area contributed by atoms with Gasteiger partial charge in [-0.1, -0.05) is 0 Å². The number of piperazine rings is 1. The summed E-state index contributed by atoms with van der Waals surface area (Å²) in [7, 11) is 1.34. The van der Waals surface area contributed by atoms with Crippen LogP contribution < -0.4 is 0 Å². The summed E-state index contributed by atoms with van der Waals surface area (Å²) in [5.74, 6) is -0.984. The third-order valence-corrected chi connectivity index (χ3v) is 1.67. The molecule has 0 aromatic heterocycles. The molecule has 1 aliphatic heterocycles. The van der Waals surface area contributed by atoms with Crippen LogP contribution in [0.2, 0.25) is 0 Å². The Hall–Kier alpha value is -1.59. The maximum absolute atomic E-state index is 10.9. The molecule has 1 heterocycles. The Bertz CT molecular complexity index is 232. The molecular weight excluding hydrogens is 164 g/mol. The maximum atomic E-state index is 10.9. The average Bonchev–Trinajstić information content (AvgIpc) is 1.99. The molecule has 0 aromatic rings. The Morgan fingerprint density at radius 3 is 2.08 bits per heavy atom. The topological polar surface area (TPSA) is 77.9 Å².